The van der Waals surface area contributed by atoms with E-state index in [1.165, 1.54) is 54.2 Å². The summed E-state index contributed by atoms with van der Waals surface area (Å²) in [5.41, 5.74) is 8.40. The summed E-state index contributed by atoms with van der Waals surface area (Å²) in [5.74, 6) is 0.927. The second kappa shape index (κ2) is 12.4. The molecule has 0 amide bonds. The topological polar surface area (TPSA) is 0 Å². The average Bonchev–Trinajstić information content (AvgIpc) is 3.34. The van der Waals surface area contributed by atoms with Crippen molar-refractivity contribution in [3.05, 3.63) is 167 Å². The quantitative estimate of drug-likeness (QED) is 0.151. The van der Waals surface area contributed by atoms with Crippen LogP contribution in [0.4, 0.5) is 0 Å². The van der Waals surface area contributed by atoms with E-state index in [2.05, 4.69) is 161 Å². The molecule has 1 aliphatic rings. The van der Waals surface area contributed by atoms with Crippen molar-refractivity contribution in [2.45, 2.75) is 39.5 Å². The number of hydrogen-bond donors (Lipinski definition) is 0. The maximum Gasteiger partial charge on any atom is -0.00377 e. The fourth-order valence-corrected chi connectivity index (χ4v) is 12.1. The molecule has 0 fully saturated rings. The predicted octanol–water partition coefficient (Wildman–Crippen LogP) is 9.52. The molecule has 2 heteroatoms. The highest BCUT2D eigenvalue weighted by atomic mass is 31.1. The highest BCUT2D eigenvalue weighted by Gasteiger charge is 2.38. The van der Waals surface area contributed by atoms with E-state index in [1.807, 2.05) is 0 Å². The van der Waals surface area contributed by atoms with Crippen molar-refractivity contribution in [1.82, 2.24) is 0 Å². The summed E-state index contributed by atoms with van der Waals surface area (Å²) < 4.78 is 0. The average molecular weight is 607 g/mol. The van der Waals surface area contributed by atoms with Crippen LogP contribution in [-0.4, -0.2) is 12.3 Å². The molecule has 0 radical (unpaired) electrons. The van der Waals surface area contributed by atoms with Gasteiger partial charge in [-0.3, -0.25) is 0 Å². The number of rotatable bonds is 8. The summed E-state index contributed by atoms with van der Waals surface area (Å²) in [6, 6.07) is 51.6. The largest absolute Gasteiger partial charge is 0.0613 e. The lowest BCUT2D eigenvalue weighted by molar-refractivity contribution is 0.668. The summed E-state index contributed by atoms with van der Waals surface area (Å²) in [7, 11) is -1.07. The summed E-state index contributed by atoms with van der Waals surface area (Å²) in [4.78, 5) is 0. The van der Waals surface area contributed by atoms with Gasteiger partial charge >= 0.3 is 0 Å². The first kappa shape index (κ1) is 29.2. The number of hydrogen-bond acceptors (Lipinski definition) is 0. The van der Waals surface area contributed by atoms with Gasteiger partial charge in [0.1, 0.15) is 0 Å². The molecule has 0 aliphatic heterocycles. The van der Waals surface area contributed by atoms with Crippen molar-refractivity contribution >= 4 is 47.8 Å². The van der Waals surface area contributed by atoms with E-state index in [4.69, 9.17) is 0 Å². The molecule has 2 atom stereocenters. The van der Waals surface area contributed by atoms with Gasteiger partial charge in [0.05, 0.1) is 0 Å². The third-order valence-corrected chi connectivity index (χ3v) is 14.6. The van der Waals surface area contributed by atoms with Crippen LogP contribution in [0.1, 0.15) is 45.2 Å². The molecule has 0 aromatic heterocycles. The normalized spacial score (nSPS) is 15.9. The summed E-state index contributed by atoms with van der Waals surface area (Å²) >= 11 is 0. The molecule has 2 unspecified atom stereocenters. The van der Waals surface area contributed by atoms with Crippen LogP contribution < -0.4 is 21.2 Å². The molecule has 1 aliphatic carbocycles. The number of aryl methyl sites for hydroxylation is 4. The third-order valence-electron chi connectivity index (χ3n) is 9.39. The molecule has 0 nitrogen and oxygen atoms in total. The minimum atomic E-state index is -0.534. The highest BCUT2D eigenvalue weighted by Crippen LogP contribution is 2.55. The van der Waals surface area contributed by atoms with Crippen LogP contribution in [0.2, 0.25) is 0 Å². The molecule has 218 valence electrons. The molecule has 6 aromatic rings. The van der Waals surface area contributed by atoms with Crippen LogP contribution in [0.25, 0.3) is 10.8 Å². The lowest BCUT2D eigenvalue weighted by atomic mass is 9.93. The lowest BCUT2D eigenvalue weighted by Crippen LogP contribution is -2.23. The van der Waals surface area contributed by atoms with E-state index in [0.717, 1.165) is 12.3 Å². The van der Waals surface area contributed by atoms with Gasteiger partial charge in [-0.25, -0.2) is 0 Å². The lowest BCUT2D eigenvalue weighted by Gasteiger charge is -2.31. The summed E-state index contributed by atoms with van der Waals surface area (Å²) in [5, 5.41) is 8.82. The molecule has 44 heavy (non-hydrogen) atoms. The van der Waals surface area contributed by atoms with E-state index in [1.54, 1.807) is 11.1 Å². The van der Waals surface area contributed by atoms with Crippen molar-refractivity contribution in [2.75, 3.05) is 12.3 Å². The Balaban J connectivity index is 1.35. The Morgan fingerprint density at radius 2 is 0.682 bits per heavy atom. The fourth-order valence-electron chi connectivity index (χ4n) is 6.91. The van der Waals surface area contributed by atoms with E-state index < -0.39 is 15.8 Å². The monoisotopic (exact) mass is 606 g/mol. The van der Waals surface area contributed by atoms with Crippen LogP contribution >= 0.6 is 15.8 Å². The zero-order valence-electron chi connectivity index (χ0n) is 26.2. The molecule has 6 aromatic carbocycles. The highest BCUT2D eigenvalue weighted by molar-refractivity contribution is 7.73. The fraction of sp³-hybridized carbons (Fsp3) is 0.190. The Labute approximate surface area is 265 Å². The Morgan fingerprint density at radius 3 is 0.977 bits per heavy atom. The van der Waals surface area contributed by atoms with Crippen molar-refractivity contribution in [3.63, 3.8) is 0 Å². The van der Waals surface area contributed by atoms with Crippen LogP contribution in [0.3, 0.4) is 0 Å². The molecule has 0 spiro atoms. The van der Waals surface area contributed by atoms with Gasteiger partial charge in [-0.1, -0.05) is 156 Å². The molecule has 0 N–H and O–H groups in total. The molecule has 0 saturated heterocycles. The zero-order chi connectivity index (χ0) is 30.2. The maximum absolute atomic E-state index is 2.44. The van der Waals surface area contributed by atoms with Gasteiger partial charge in [-0.2, -0.15) is 0 Å². The van der Waals surface area contributed by atoms with E-state index in [-0.39, 0.29) is 0 Å². The molecule has 0 saturated carbocycles. The smallest absolute Gasteiger partial charge is 0.00377 e. The first-order valence-corrected chi connectivity index (χ1v) is 18.8. The van der Waals surface area contributed by atoms with Crippen LogP contribution in [0.15, 0.2) is 133 Å². The van der Waals surface area contributed by atoms with Crippen LogP contribution in [-0.2, 0) is 0 Å². The predicted molar refractivity (Wildman–Crippen MR) is 196 cm³/mol. The third kappa shape index (κ3) is 5.79. The van der Waals surface area contributed by atoms with E-state index in [9.17, 15) is 0 Å². The maximum atomic E-state index is 2.44. The van der Waals surface area contributed by atoms with Gasteiger partial charge < -0.3 is 0 Å². The van der Waals surface area contributed by atoms with E-state index >= 15 is 0 Å². The Morgan fingerprint density at radius 1 is 0.386 bits per heavy atom. The molecular weight excluding hydrogens is 566 g/mol. The van der Waals surface area contributed by atoms with Gasteiger partial charge in [0, 0.05) is 0 Å². The molecule has 0 heterocycles. The molecular formula is C42H40P2. The SMILES string of the molecule is Cc1ccc(P(CC2c3cccc4cccc(c34)C2CP(c2ccc(C)cc2)c2ccc(C)cc2)c2ccc(C)cc2)cc1. The van der Waals surface area contributed by atoms with Crippen LogP contribution in [0.5, 0.6) is 0 Å². The van der Waals surface area contributed by atoms with Crippen molar-refractivity contribution in [1.29, 1.82) is 0 Å². The Hall–Kier alpha value is -3.56. The minimum absolute atomic E-state index is 0.464. The van der Waals surface area contributed by atoms with Crippen molar-refractivity contribution in [3.8, 4) is 0 Å². The van der Waals surface area contributed by atoms with Gasteiger partial charge in [0.15, 0.2) is 0 Å². The Kier molecular flexibility index (Phi) is 8.25. The second-order valence-electron chi connectivity index (χ2n) is 12.6. The van der Waals surface area contributed by atoms with Crippen molar-refractivity contribution < 1.29 is 0 Å². The standard InChI is InChI=1S/C42H40P2/c1-29-11-19-34(20-12-29)43(35-21-13-30(2)14-22-35)27-40-38-9-5-7-33-8-6-10-39(42(33)38)41(40)28-44(36-23-15-31(3)16-24-36)37-25-17-32(4)18-26-37/h5-26,40-41H,27-28H2,1-4H3. The van der Waals surface area contributed by atoms with Crippen LogP contribution in [0, 0.1) is 27.7 Å². The molecule has 7 rings (SSSR count). The summed E-state index contributed by atoms with van der Waals surface area (Å²) in [6.07, 6.45) is 2.32. The van der Waals surface area contributed by atoms with E-state index in [0.29, 0.717) is 11.8 Å². The minimum Gasteiger partial charge on any atom is -0.0613 e. The van der Waals surface area contributed by atoms with Gasteiger partial charge in [-0.15, -0.1) is 0 Å². The summed E-state index contributed by atoms with van der Waals surface area (Å²) in [6.45, 7) is 8.78. The first-order chi connectivity index (χ1) is 21.4. The first-order valence-electron chi connectivity index (χ1n) is 15.8. The number of benzene rings is 6. The van der Waals surface area contributed by atoms with Gasteiger partial charge in [0.25, 0.3) is 0 Å². The van der Waals surface area contributed by atoms with Gasteiger partial charge in [0.2, 0.25) is 0 Å². The molecule has 0 bridgehead atoms. The Bertz CT molecular complexity index is 1660. The second-order valence-corrected chi connectivity index (χ2v) is 17.1. The van der Waals surface area contributed by atoms with Gasteiger partial charge in [-0.05, 0) is 111 Å². The van der Waals surface area contributed by atoms with Crippen molar-refractivity contribution in [2.24, 2.45) is 0 Å². The zero-order valence-corrected chi connectivity index (χ0v) is 28.0.